The highest BCUT2D eigenvalue weighted by Crippen LogP contribution is 2.25. The van der Waals surface area contributed by atoms with E-state index in [9.17, 15) is 10.2 Å². The van der Waals surface area contributed by atoms with Crippen molar-refractivity contribution in [2.45, 2.75) is 24.3 Å². The third-order valence-electron chi connectivity index (χ3n) is 3.22. The zero-order valence-electron chi connectivity index (χ0n) is 12.8. The number of ether oxygens (including phenoxy) is 2. The van der Waals surface area contributed by atoms with Gasteiger partial charge >= 0.3 is 0 Å². The summed E-state index contributed by atoms with van der Waals surface area (Å²) in [6, 6.07) is 7.45. The monoisotopic (exact) mass is 315 g/mol. The van der Waals surface area contributed by atoms with Crippen LogP contribution in [-0.4, -0.2) is 60.7 Å². The summed E-state index contributed by atoms with van der Waals surface area (Å²) in [5.74, 6) is 1.26. The second kappa shape index (κ2) is 9.89. The fraction of sp³-hybridized carbons (Fsp3) is 0.600. The normalized spacial score (nSPS) is 15.3. The van der Waals surface area contributed by atoms with Crippen LogP contribution in [-0.2, 0) is 0 Å². The molecule has 0 aliphatic rings. The van der Waals surface area contributed by atoms with Crippen molar-refractivity contribution < 1.29 is 19.7 Å². The summed E-state index contributed by atoms with van der Waals surface area (Å²) in [5, 5.41) is 22.5. The zero-order chi connectivity index (χ0) is 15.7. The van der Waals surface area contributed by atoms with E-state index in [0.717, 1.165) is 0 Å². The number of para-hydroxylation sites is 2. The molecule has 0 heterocycles. The van der Waals surface area contributed by atoms with Crippen LogP contribution in [0.15, 0.2) is 24.3 Å². The second-order valence-corrected chi connectivity index (χ2v) is 5.85. The predicted octanol–water partition coefficient (Wildman–Crippen LogP) is 1.14. The molecule has 0 radical (unpaired) electrons. The van der Waals surface area contributed by atoms with Gasteiger partial charge in [-0.25, -0.2) is 0 Å². The van der Waals surface area contributed by atoms with Gasteiger partial charge in [0.2, 0.25) is 0 Å². The van der Waals surface area contributed by atoms with Gasteiger partial charge in [0.1, 0.15) is 12.7 Å². The van der Waals surface area contributed by atoms with E-state index in [1.807, 2.05) is 31.4 Å². The van der Waals surface area contributed by atoms with Crippen LogP contribution in [0.1, 0.15) is 6.92 Å². The van der Waals surface area contributed by atoms with Crippen molar-refractivity contribution >= 4 is 11.8 Å². The molecule has 21 heavy (non-hydrogen) atoms. The van der Waals surface area contributed by atoms with Gasteiger partial charge in [0, 0.05) is 17.8 Å². The van der Waals surface area contributed by atoms with Crippen LogP contribution >= 0.6 is 11.8 Å². The second-order valence-electron chi connectivity index (χ2n) is 4.77. The Morgan fingerprint density at radius 1 is 1.29 bits per heavy atom. The fourth-order valence-electron chi connectivity index (χ4n) is 1.87. The fourth-order valence-corrected chi connectivity index (χ4v) is 2.53. The summed E-state index contributed by atoms with van der Waals surface area (Å²) < 4.78 is 10.7. The van der Waals surface area contributed by atoms with Gasteiger partial charge in [-0.15, -0.1) is 0 Å². The Kier molecular flexibility index (Phi) is 8.52. The number of hydrogen-bond donors (Lipinski definition) is 3. The number of hydrogen-bond acceptors (Lipinski definition) is 6. The van der Waals surface area contributed by atoms with E-state index in [1.54, 1.807) is 24.9 Å². The maximum Gasteiger partial charge on any atom is 0.161 e. The molecule has 0 spiro atoms. The molecular formula is C15H25NO4S. The van der Waals surface area contributed by atoms with Crippen LogP contribution in [0.5, 0.6) is 11.5 Å². The Hall–Kier alpha value is -0.950. The molecule has 6 heteroatoms. The summed E-state index contributed by atoms with van der Waals surface area (Å²) in [7, 11) is 1.58. The molecule has 3 atom stereocenters. The van der Waals surface area contributed by atoms with Gasteiger partial charge in [-0.2, -0.15) is 11.8 Å². The van der Waals surface area contributed by atoms with Crippen molar-refractivity contribution in [2.24, 2.45) is 0 Å². The largest absolute Gasteiger partial charge is 0.493 e. The smallest absolute Gasteiger partial charge is 0.161 e. The number of methoxy groups -OCH3 is 1. The van der Waals surface area contributed by atoms with Gasteiger partial charge < -0.3 is 25.0 Å². The average Bonchev–Trinajstić information content (AvgIpc) is 2.52. The first kappa shape index (κ1) is 18.1. The molecular weight excluding hydrogens is 290 g/mol. The third kappa shape index (κ3) is 6.13. The highest BCUT2D eigenvalue weighted by atomic mass is 32.2. The van der Waals surface area contributed by atoms with Gasteiger partial charge in [0.05, 0.1) is 13.7 Å². The van der Waals surface area contributed by atoms with Crippen LogP contribution < -0.4 is 14.8 Å². The Balaban J connectivity index is 2.35. The molecule has 1 rings (SSSR count). The molecule has 3 unspecified atom stereocenters. The highest BCUT2D eigenvalue weighted by molar-refractivity contribution is 7.99. The van der Waals surface area contributed by atoms with Crippen molar-refractivity contribution in [3.8, 4) is 11.5 Å². The lowest BCUT2D eigenvalue weighted by Gasteiger charge is -2.23. The van der Waals surface area contributed by atoms with E-state index in [-0.39, 0.29) is 24.5 Å². The summed E-state index contributed by atoms with van der Waals surface area (Å²) >= 11 is 1.60. The maximum absolute atomic E-state index is 9.95. The van der Waals surface area contributed by atoms with Gasteiger partial charge in [0.25, 0.3) is 0 Å². The van der Waals surface area contributed by atoms with Gasteiger partial charge in [-0.1, -0.05) is 12.1 Å². The van der Waals surface area contributed by atoms with E-state index in [4.69, 9.17) is 9.47 Å². The van der Waals surface area contributed by atoms with E-state index in [2.05, 4.69) is 5.32 Å². The summed E-state index contributed by atoms with van der Waals surface area (Å²) in [5.41, 5.74) is 0. The lowest BCUT2D eigenvalue weighted by atomic mass is 10.2. The molecule has 5 nitrogen and oxygen atoms in total. The molecule has 120 valence electrons. The van der Waals surface area contributed by atoms with Crippen molar-refractivity contribution in [3.05, 3.63) is 24.3 Å². The molecule has 0 saturated carbocycles. The molecule has 0 saturated heterocycles. The number of aliphatic hydroxyl groups is 2. The van der Waals surface area contributed by atoms with E-state index in [0.29, 0.717) is 18.0 Å². The summed E-state index contributed by atoms with van der Waals surface area (Å²) in [4.78, 5) is 0. The lowest BCUT2D eigenvalue weighted by Crippen LogP contribution is -2.42. The van der Waals surface area contributed by atoms with E-state index >= 15 is 0 Å². The van der Waals surface area contributed by atoms with Crippen molar-refractivity contribution in [3.63, 3.8) is 0 Å². The van der Waals surface area contributed by atoms with Gasteiger partial charge in [-0.05, 0) is 25.3 Å². The Labute approximate surface area is 130 Å². The first-order valence-corrected chi connectivity index (χ1v) is 8.22. The van der Waals surface area contributed by atoms with Crippen LogP contribution in [0.2, 0.25) is 0 Å². The minimum Gasteiger partial charge on any atom is -0.493 e. The van der Waals surface area contributed by atoms with E-state index in [1.165, 1.54) is 0 Å². The van der Waals surface area contributed by atoms with Crippen LogP contribution in [0.4, 0.5) is 0 Å². The Morgan fingerprint density at radius 3 is 2.52 bits per heavy atom. The average molecular weight is 315 g/mol. The SMILES string of the molecule is COc1ccccc1OCC(O)CNC(C)C(CO)SC. The van der Waals surface area contributed by atoms with Crippen LogP contribution in [0.25, 0.3) is 0 Å². The van der Waals surface area contributed by atoms with E-state index < -0.39 is 6.10 Å². The zero-order valence-corrected chi connectivity index (χ0v) is 13.6. The molecule has 0 aliphatic heterocycles. The third-order valence-corrected chi connectivity index (χ3v) is 4.38. The summed E-state index contributed by atoms with van der Waals surface area (Å²) in [6.07, 6.45) is 1.33. The molecule has 1 aromatic rings. The number of benzene rings is 1. The molecule has 1 aromatic carbocycles. The Morgan fingerprint density at radius 2 is 1.95 bits per heavy atom. The van der Waals surface area contributed by atoms with Crippen LogP contribution in [0, 0.1) is 0 Å². The molecule has 0 aliphatic carbocycles. The maximum atomic E-state index is 9.95. The molecule has 0 aromatic heterocycles. The number of nitrogens with one attached hydrogen (secondary N) is 1. The topological polar surface area (TPSA) is 71.0 Å². The first-order valence-electron chi connectivity index (χ1n) is 6.93. The molecule has 0 bridgehead atoms. The standard InChI is InChI=1S/C15H25NO4S/c1-11(15(9-17)21-3)16-8-12(18)10-20-14-7-5-4-6-13(14)19-2/h4-7,11-12,15-18H,8-10H2,1-3H3. The minimum atomic E-state index is -0.626. The number of thioether (sulfide) groups is 1. The van der Waals surface area contributed by atoms with Crippen molar-refractivity contribution in [1.82, 2.24) is 5.32 Å². The Bertz CT molecular complexity index is 401. The molecule has 0 amide bonds. The van der Waals surface area contributed by atoms with Crippen molar-refractivity contribution in [2.75, 3.05) is 33.1 Å². The summed E-state index contributed by atoms with van der Waals surface area (Å²) in [6.45, 7) is 2.70. The highest BCUT2D eigenvalue weighted by Gasteiger charge is 2.16. The quantitative estimate of drug-likeness (QED) is 0.601. The number of rotatable bonds is 10. The van der Waals surface area contributed by atoms with Gasteiger partial charge in [-0.3, -0.25) is 0 Å². The number of aliphatic hydroxyl groups excluding tert-OH is 2. The first-order chi connectivity index (χ1) is 10.1. The van der Waals surface area contributed by atoms with Crippen LogP contribution in [0.3, 0.4) is 0 Å². The molecule has 3 N–H and O–H groups in total. The lowest BCUT2D eigenvalue weighted by molar-refractivity contribution is 0.101. The minimum absolute atomic E-state index is 0.114. The predicted molar refractivity (Wildman–Crippen MR) is 86.3 cm³/mol. The van der Waals surface area contributed by atoms with Crippen molar-refractivity contribution in [1.29, 1.82) is 0 Å². The molecule has 0 fully saturated rings. The van der Waals surface area contributed by atoms with Gasteiger partial charge in [0.15, 0.2) is 11.5 Å².